The van der Waals surface area contributed by atoms with E-state index in [1.807, 2.05) is 63.2 Å². The number of amides is 1. The molecule has 2 aromatic rings. The first-order valence-corrected chi connectivity index (χ1v) is 9.49. The molecule has 0 saturated carbocycles. The van der Waals surface area contributed by atoms with Crippen molar-refractivity contribution in [1.29, 1.82) is 0 Å². The van der Waals surface area contributed by atoms with Crippen molar-refractivity contribution >= 4 is 44.9 Å². The summed E-state index contributed by atoms with van der Waals surface area (Å²) in [6.45, 7) is 5.90. The number of carbonyl (C=O) groups is 1. The lowest BCUT2D eigenvalue weighted by Gasteiger charge is -2.31. The molecule has 0 saturated heterocycles. The van der Waals surface area contributed by atoms with E-state index in [1.54, 1.807) is 0 Å². The fraction of sp³-hybridized carbons (Fsp3) is 0.200. The number of anilines is 1. The summed E-state index contributed by atoms with van der Waals surface area (Å²) in [4.78, 5) is 13.1. The molecule has 26 heavy (non-hydrogen) atoms. The van der Waals surface area contributed by atoms with Gasteiger partial charge in [-0.3, -0.25) is 4.79 Å². The molecule has 0 bridgehead atoms. The maximum Gasteiger partial charge on any atom is 0.255 e. The molecule has 6 heteroatoms. The summed E-state index contributed by atoms with van der Waals surface area (Å²) < 4.78 is 0.923. The molecule has 1 heterocycles. The number of benzene rings is 2. The average Bonchev–Trinajstić information content (AvgIpc) is 2.58. The third kappa shape index (κ3) is 3.66. The smallest absolute Gasteiger partial charge is 0.255 e. The predicted octanol–water partition coefficient (Wildman–Crippen LogP) is 4.50. The van der Waals surface area contributed by atoms with Crippen molar-refractivity contribution < 1.29 is 4.79 Å². The first kappa shape index (κ1) is 18.6. The van der Waals surface area contributed by atoms with E-state index < -0.39 is 0 Å². The van der Waals surface area contributed by atoms with E-state index in [4.69, 9.17) is 12.2 Å². The van der Waals surface area contributed by atoms with E-state index >= 15 is 0 Å². The highest BCUT2D eigenvalue weighted by atomic mass is 79.9. The van der Waals surface area contributed by atoms with Crippen molar-refractivity contribution in [2.75, 3.05) is 5.32 Å². The number of hydrogen-bond donors (Lipinski definition) is 3. The van der Waals surface area contributed by atoms with Crippen molar-refractivity contribution in [1.82, 2.24) is 10.6 Å². The van der Waals surface area contributed by atoms with Gasteiger partial charge < -0.3 is 16.0 Å². The van der Waals surface area contributed by atoms with Crippen LogP contribution < -0.4 is 16.0 Å². The second-order valence-corrected chi connectivity index (χ2v) is 7.56. The monoisotopic (exact) mass is 429 g/mol. The van der Waals surface area contributed by atoms with Gasteiger partial charge >= 0.3 is 0 Å². The van der Waals surface area contributed by atoms with Crippen LogP contribution in [-0.4, -0.2) is 11.0 Å². The van der Waals surface area contributed by atoms with Gasteiger partial charge in [0, 0.05) is 15.9 Å². The Balaban J connectivity index is 2.00. The molecule has 0 fully saturated rings. The van der Waals surface area contributed by atoms with Gasteiger partial charge in [-0.2, -0.15) is 0 Å². The summed E-state index contributed by atoms with van der Waals surface area (Å²) in [6.07, 6.45) is 0. The Morgan fingerprint density at radius 3 is 2.58 bits per heavy atom. The second kappa shape index (κ2) is 7.60. The second-order valence-electron chi connectivity index (χ2n) is 6.29. The maximum absolute atomic E-state index is 13.1. The standard InChI is InChI=1S/C20H20BrN3OS/c1-11-7-6-10-16(12(11)2)23-19(25)17-13(3)22-20(26)24-18(17)14-8-4-5-9-15(14)21/h4-10,18H,1-3H3,(H,23,25)(H2,22,24,26). The fourth-order valence-corrected chi connectivity index (χ4v) is 3.80. The summed E-state index contributed by atoms with van der Waals surface area (Å²) in [5.74, 6) is -0.153. The largest absolute Gasteiger partial charge is 0.351 e. The Hall–Kier alpha value is -2.18. The molecule has 2 aromatic carbocycles. The Kier molecular flexibility index (Phi) is 5.44. The Morgan fingerprint density at radius 2 is 1.85 bits per heavy atom. The molecule has 0 aromatic heterocycles. The van der Waals surface area contributed by atoms with E-state index in [9.17, 15) is 4.79 Å². The molecule has 1 aliphatic rings. The third-order valence-electron chi connectivity index (χ3n) is 4.58. The zero-order valence-electron chi connectivity index (χ0n) is 14.8. The molecule has 0 spiro atoms. The van der Waals surface area contributed by atoms with Crippen LogP contribution in [0.3, 0.4) is 0 Å². The molecule has 1 aliphatic heterocycles. The molecule has 1 atom stereocenters. The first-order valence-electron chi connectivity index (χ1n) is 8.28. The van der Waals surface area contributed by atoms with Gasteiger partial charge in [0.1, 0.15) is 0 Å². The summed E-state index contributed by atoms with van der Waals surface area (Å²) in [6, 6.07) is 13.4. The Bertz CT molecular complexity index is 923. The summed E-state index contributed by atoms with van der Waals surface area (Å²) in [7, 11) is 0. The summed E-state index contributed by atoms with van der Waals surface area (Å²) in [5.41, 5.74) is 5.33. The lowest BCUT2D eigenvalue weighted by atomic mass is 9.94. The van der Waals surface area contributed by atoms with Gasteiger partial charge in [-0.25, -0.2) is 0 Å². The molecule has 0 radical (unpaired) electrons. The Morgan fingerprint density at radius 1 is 1.12 bits per heavy atom. The van der Waals surface area contributed by atoms with E-state index in [0.29, 0.717) is 10.7 Å². The van der Waals surface area contributed by atoms with Crippen LogP contribution >= 0.6 is 28.1 Å². The lowest BCUT2D eigenvalue weighted by molar-refractivity contribution is -0.113. The summed E-state index contributed by atoms with van der Waals surface area (Å²) in [5, 5.41) is 9.84. The SMILES string of the molecule is CC1=C(C(=O)Nc2cccc(C)c2C)C(c2ccccc2Br)NC(=S)N1. The number of rotatable bonds is 3. The molecule has 134 valence electrons. The highest BCUT2D eigenvalue weighted by Crippen LogP contribution is 2.32. The van der Waals surface area contributed by atoms with Crippen molar-refractivity contribution in [2.24, 2.45) is 0 Å². The van der Waals surface area contributed by atoms with Crippen LogP contribution in [0, 0.1) is 13.8 Å². The Labute approximate surface area is 167 Å². The van der Waals surface area contributed by atoms with Crippen molar-refractivity contribution in [3.8, 4) is 0 Å². The van der Waals surface area contributed by atoms with Gasteiger partial charge in [0.05, 0.1) is 11.6 Å². The van der Waals surface area contributed by atoms with Gasteiger partial charge in [-0.15, -0.1) is 0 Å². The molecule has 1 unspecified atom stereocenters. The van der Waals surface area contributed by atoms with E-state index in [1.165, 1.54) is 0 Å². The van der Waals surface area contributed by atoms with Gasteiger partial charge in [0.25, 0.3) is 5.91 Å². The predicted molar refractivity (Wildman–Crippen MR) is 113 cm³/mol. The molecule has 3 N–H and O–H groups in total. The third-order valence-corrected chi connectivity index (χ3v) is 5.52. The zero-order valence-corrected chi connectivity index (χ0v) is 17.2. The van der Waals surface area contributed by atoms with Crippen LogP contribution in [0.4, 0.5) is 5.69 Å². The minimum Gasteiger partial charge on any atom is -0.351 e. The quantitative estimate of drug-likeness (QED) is 0.628. The molecule has 4 nitrogen and oxygen atoms in total. The van der Waals surface area contributed by atoms with Crippen LogP contribution in [0.15, 0.2) is 58.2 Å². The van der Waals surface area contributed by atoms with Crippen LogP contribution in [-0.2, 0) is 4.79 Å². The highest BCUT2D eigenvalue weighted by molar-refractivity contribution is 9.10. The number of halogens is 1. The number of thiocarbonyl (C=S) groups is 1. The van der Waals surface area contributed by atoms with E-state index in [0.717, 1.165) is 32.5 Å². The molecule has 3 rings (SSSR count). The number of hydrogen-bond acceptors (Lipinski definition) is 2. The van der Waals surface area contributed by atoms with Crippen LogP contribution in [0.5, 0.6) is 0 Å². The van der Waals surface area contributed by atoms with E-state index in [-0.39, 0.29) is 11.9 Å². The molecule has 0 aliphatic carbocycles. The molecule has 1 amide bonds. The number of aryl methyl sites for hydroxylation is 1. The summed E-state index contributed by atoms with van der Waals surface area (Å²) >= 11 is 8.89. The topological polar surface area (TPSA) is 53.2 Å². The minimum absolute atomic E-state index is 0.153. The number of allylic oxidation sites excluding steroid dienone is 1. The minimum atomic E-state index is -0.329. The lowest BCUT2D eigenvalue weighted by Crippen LogP contribution is -2.45. The molecular weight excluding hydrogens is 410 g/mol. The average molecular weight is 430 g/mol. The number of nitrogens with one attached hydrogen (secondary N) is 3. The first-order chi connectivity index (χ1) is 12.4. The van der Waals surface area contributed by atoms with Gasteiger partial charge in [-0.1, -0.05) is 46.3 Å². The highest BCUT2D eigenvalue weighted by Gasteiger charge is 2.31. The van der Waals surface area contributed by atoms with Crippen LogP contribution in [0.1, 0.15) is 29.7 Å². The zero-order chi connectivity index (χ0) is 18.8. The van der Waals surface area contributed by atoms with Gasteiger partial charge in [0.15, 0.2) is 5.11 Å². The van der Waals surface area contributed by atoms with Crippen LogP contribution in [0.2, 0.25) is 0 Å². The van der Waals surface area contributed by atoms with Crippen LogP contribution in [0.25, 0.3) is 0 Å². The van der Waals surface area contributed by atoms with Crippen molar-refractivity contribution in [2.45, 2.75) is 26.8 Å². The fourth-order valence-electron chi connectivity index (χ4n) is 3.01. The molecular formula is C20H20BrN3OS. The van der Waals surface area contributed by atoms with Gasteiger partial charge in [-0.05, 0) is 61.8 Å². The van der Waals surface area contributed by atoms with Crippen molar-refractivity contribution in [3.05, 3.63) is 74.9 Å². The van der Waals surface area contributed by atoms with Gasteiger partial charge in [0.2, 0.25) is 0 Å². The van der Waals surface area contributed by atoms with E-state index in [2.05, 4.69) is 31.9 Å². The van der Waals surface area contributed by atoms with Crippen molar-refractivity contribution in [3.63, 3.8) is 0 Å². The number of carbonyl (C=O) groups excluding carboxylic acids is 1. The normalized spacial score (nSPS) is 16.8. The maximum atomic E-state index is 13.1.